The van der Waals surface area contributed by atoms with Gasteiger partial charge in [-0.1, -0.05) is 19.8 Å². The maximum absolute atomic E-state index is 13.4. The molecule has 0 N–H and O–H groups in total. The van der Waals surface area contributed by atoms with Gasteiger partial charge in [0.2, 0.25) is 0 Å². The van der Waals surface area contributed by atoms with Gasteiger partial charge in [-0.2, -0.15) is 0 Å². The molecule has 122 valence electrons. The number of unbranched alkanes of at least 4 members (excludes halogenated alkanes) is 2. The molecule has 0 unspecified atom stereocenters. The van der Waals surface area contributed by atoms with Crippen molar-refractivity contribution in [2.75, 3.05) is 0 Å². The van der Waals surface area contributed by atoms with E-state index in [-0.39, 0.29) is 17.7 Å². The highest BCUT2D eigenvalue weighted by atomic mass is 19.1. The predicted molar refractivity (Wildman–Crippen MR) is 81.3 cm³/mol. The fourth-order valence-corrected chi connectivity index (χ4v) is 1.78. The average Bonchev–Trinajstić information content (AvgIpc) is 2.39. The van der Waals surface area contributed by atoms with Crippen LogP contribution in [0.25, 0.3) is 0 Å². The van der Waals surface area contributed by atoms with Gasteiger partial charge in [-0.05, 0) is 45.4 Å². The number of esters is 2. The summed E-state index contributed by atoms with van der Waals surface area (Å²) in [4.78, 5) is 23.9. The lowest BCUT2D eigenvalue weighted by Crippen LogP contribution is -2.24. The van der Waals surface area contributed by atoms with Crippen LogP contribution in [0.2, 0.25) is 0 Å². The molecule has 0 saturated carbocycles. The Morgan fingerprint density at radius 1 is 1.18 bits per heavy atom. The SMILES string of the molecule is CCCCCC(=O)Oc1ccc(F)cc1C(=O)OC(C)(C)C. The summed E-state index contributed by atoms with van der Waals surface area (Å²) in [5.74, 6) is -1.72. The molecule has 0 atom stereocenters. The quantitative estimate of drug-likeness (QED) is 0.447. The molecular formula is C17H23FO4. The molecule has 0 aliphatic heterocycles. The van der Waals surface area contributed by atoms with Gasteiger partial charge >= 0.3 is 11.9 Å². The molecule has 0 spiro atoms. The van der Waals surface area contributed by atoms with Crippen LogP contribution in [0.3, 0.4) is 0 Å². The van der Waals surface area contributed by atoms with Crippen LogP contribution in [0.1, 0.15) is 63.7 Å². The highest BCUT2D eigenvalue weighted by molar-refractivity contribution is 5.93. The maximum Gasteiger partial charge on any atom is 0.342 e. The Hall–Kier alpha value is -1.91. The number of carbonyl (C=O) groups is 2. The van der Waals surface area contributed by atoms with Crippen molar-refractivity contribution in [3.63, 3.8) is 0 Å². The fourth-order valence-electron chi connectivity index (χ4n) is 1.78. The van der Waals surface area contributed by atoms with Gasteiger partial charge < -0.3 is 9.47 Å². The second kappa shape index (κ2) is 7.92. The summed E-state index contributed by atoms with van der Waals surface area (Å²) in [7, 11) is 0. The van der Waals surface area contributed by atoms with E-state index < -0.39 is 23.4 Å². The summed E-state index contributed by atoms with van der Waals surface area (Å²) < 4.78 is 23.8. The molecule has 0 heterocycles. The molecule has 0 fully saturated rings. The highest BCUT2D eigenvalue weighted by Gasteiger charge is 2.22. The van der Waals surface area contributed by atoms with E-state index >= 15 is 0 Å². The minimum Gasteiger partial charge on any atom is -0.456 e. The van der Waals surface area contributed by atoms with E-state index in [0.29, 0.717) is 0 Å². The standard InChI is InChI=1S/C17H23FO4/c1-5-6-7-8-15(19)21-14-10-9-12(18)11-13(14)16(20)22-17(2,3)4/h9-11H,5-8H2,1-4H3. The minimum atomic E-state index is -0.719. The molecule has 0 saturated heterocycles. The molecule has 0 radical (unpaired) electrons. The first-order valence-corrected chi connectivity index (χ1v) is 7.46. The summed E-state index contributed by atoms with van der Waals surface area (Å²) in [5.41, 5.74) is -0.801. The van der Waals surface area contributed by atoms with Crippen LogP contribution in [-0.4, -0.2) is 17.5 Å². The molecule has 4 nitrogen and oxygen atoms in total. The van der Waals surface area contributed by atoms with Crippen LogP contribution in [0.4, 0.5) is 4.39 Å². The molecule has 0 aromatic heterocycles. The third-order valence-electron chi connectivity index (χ3n) is 2.77. The number of hydrogen-bond donors (Lipinski definition) is 0. The number of carbonyl (C=O) groups excluding carboxylic acids is 2. The van der Waals surface area contributed by atoms with E-state index in [1.54, 1.807) is 20.8 Å². The van der Waals surface area contributed by atoms with Crippen molar-refractivity contribution in [1.82, 2.24) is 0 Å². The lowest BCUT2D eigenvalue weighted by atomic mass is 10.1. The zero-order valence-electron chi connectivity index (χ0n) is 13.6. The van der Waals surface area contributed by atoms with Crippen molar-refractivity contribution in [2.45, 2.75) is 59.0 Å². The van der Waals surface area contributed by atoms with E-state index in [2.05, 4.69) is 0 Å². The van der Waals surface area contributed by atoms with Crippen LogP contribution < -0.4 is 4.74 Å². The predicted octanol–water partition coefficient (Wildman–Crippen LogP) is 4.27. The number of hydrogen-bond acceptors (Lipinski definition) is 4. The van der Waals surface area contributed by atoms with E-state index in [4.69, 9.17) is 9.47 Å². The van der Waals surface area contributed by atoms with Crippen LogP contribution in [0, 0.1) is 5.82 Å². The van der Waals surface area contributed by atoms with Crippen LogP contribution in [0.15, 0.2) is 18.2 Å². The van der Waals surface area contributed by atoms with Crippen LogP contribution in [-0.2, 0) is 9.53 Å². The highest BCUT2D eigenvalue weighted by Crippen LogP contribution is 2.23. The number of rotatable bonds is 6. The maximum atomic E-state index is 13.4. The van der Waals surface area contributed by atoms with Gasteiger partial charge in [-0.3, -0.25) is 4.79 Å². The smallest absolute Gasteiger partial charge is 0.342 e. The summed E-state index contributed by atoms with van der Waals surface area (Å²) in [5, 5.41) is 0. The third-order valence-corrected chi connectivity index (χ3v) is 2.77. The van der Waals surface area contributed by atoms with E-state index in [0.717, 1.165) is 31.4 Å². The monoisotopic (exact) mass is 310 g/mol. The van der Waals surface area contributed by atoms with Crippen molar-refractivity contribution in [3.8, 4) is 5.75 Å². The zero-order chi connectivity index (χ0) is 16.8. The van der Waals surface area contributed by atoms with Crippen molar-refractivity contribution >= 4 is 11.9 Å². The topological polar surface area (TPSA) is 52.6 Å². The summed E-state index contributed by atoms with van der Waals surface area (Å²) in [6, 6.07) is 3.43. The van der Waals surface area contributed by atoms with Crippen molar-refractivity contribution in [2.24, 2.45) is 0 Å². The molecular weight excluding hydrogens is 287 g/mol. The second-order valence-corrected chi connectivity index (χ2v) is 6.07. The van der Waals surface area contributed by atoms with Gasteiger partial charge in [0.1, 0.15) is 22.7 Å². The molecule has 0 bridgehead atoms. The van der Waals surface area contributed by atoms with Gasteiger partial charge in [0.05, 0.1) is 0 Å². The molecule has 0 amide bonds. The first kappa shape index (κ1) is 18.1. The Bertz CT molecular complexity index is 532. The number of benzene rings is 1. The normalized spacial score (nSPS) is 11.1. The van der Waals surface area contributed by atoms with Crippen molar-refractivity contribution in [1.29, 1.82) is 0 Å². The molecule has 1 aromatic carbocycles. The zero-order valence-corrected chi connectivity index (χ0v) is 13.6. The van der Waals surface area contributed by atoms with Gasteiger partial charge in [0, 0.05) is 6.42 Å². The molecule has 0 aliphatic carbocycles. The molecule has 1 rings (SSSR count). The van der Waals surface area contributed by atoms with E-state index in [1.807, 2.05) is 6.92 Å². The number of ether oxygens (including phenoxy) is 2. The lowest BCUT2D eigenvalue weighted by molar-refractivity contribution is -0.134. The summed E-state index contributed by atoms with van der Waals surface area (Å²) in [6.45, 7) is 7.16. The molecule has 1 aromatic rings. The first-order valence-electron chi connectivity index (χ1n) is 7.46. The minimum absolute atomic E-state index is 0.0251. The Morgan fingerprint density at radius 2 is 1.86 bits per heavy atom. The van der Waals surface area contributed by atoms with Gasteiger partial charge in [0.25, 0.3) is 0 Å². The van der Waals surface area contributed by atoms with Gasteiger partial charge in [0.15, 0.2) is 0 Å². The Balaban J connectivity index is 2.86. The first-order chi connectivity index (χ1) is 10.2. The molecule has 22 heavy (non-hydrogen) atoms. The van der Waals surface area contributed by atoms with Gasteiger partial charge in [-0.15, -0.1) is 0 Å². The second-order valence-electron chi connectivity index (χ2n) is 6.07. The Morgan fingerprint density at radius 3 is 2.45 bits per heavy atom. The van der Waals surface area contributed by atoms with Crippen molar-refractivity contribution in [3.05, 3.63) is 29.6 Å². The molecule has 0 aliphatic rings. The Labute approximate surface area is 130 Å². The van der Waals surface area contributed by atoms with Crippen LogP contribution >= 0.6 is 0 Å². The summed E-state index contributed by atoms with van der Waals surface area (Å²) in [6.07, 6.45) is 2.90. The third kappa shape index (κ3) is 6.24. The van der Waals surface area contributed by atoms with Crippen molar-refractivity contribution < 1.29 is 23.5 Å². The van der Waals surface area contributed by atoms with E-state index in [1.165, 1.54) is 6.07 Å². The van der Waals surface area contributed by atoms with Gasteiger partial charge in [-0.25, -0.2) is 9.18 Å². The molecule has 5 heteroatoms. The van der Waals surface area contributed by atoms with Crippen LogP contribution in [0.5, 0.6) is 5.75 Å². The largest absolute Gasteiger partial charge is 0.456 e. The summed E-state index contributed by atoms with van der Waals surface area (Å²) >= 11 is 0. The average molecular weight is 310 g/mol. The lowest BCUT2D eigenvalue weighted by Gasteiger charge is -2.20. The number of halogens is 1. The van der Waals surface area contributed by atoms with E-state index in [9.17, 15) is 14.0 Å². The fraction of sp³-hybridized carbons (Fsp3) is 0.529. The Kier molecular flexibility index (Phi) is 6.53.